The van der Waals surface area contributed by atoms with E-state index in [1.54, 1.807) is 11.8 Å². The highest BCUT2D eigenvalue weighted by Crippen LogP contribution is 2.21. The van der Waals surface area contributed by atoms with Crippen LogP contribution < -0.4 is 15.0 Å². The molecule has 0 aliphatic rings. The molecule has 0 radical (unpaired) electrons. The molecule has 22 heavy (non-hydrogen) atoms. The minimum Gasteiger partial charge on any atom is -0.491 e. The molecular formula is C17H28N2O3. The van der Waals surface area contributed by atoms with E-state index in [0.717, 1.165) is 5.69 Å². The summed E-state index contributed by atoms with van der Waals surface area (Å²) >= 11 is 0. The maximum absolute atomic E-state index is 11.7. The summed E-state index contributed by atoms with van der Waals surface area (Å²) in [4.78, 5) is 13.4. The van der Waals surface area contributed by atoms with Crippen LogP contribution in [0.5, 0.6) is 5.75 Å². The molecule has 5 nitrogen and oxygen atoms in total. The SMILES string of the molecule is CC(=O)N(c1ccc(OCC(O)CNC(C)C)cc1)C(C)C. The first-order valence-electron chi connectivity index (χ1n) is 7.75. The third-order valence-electron chi connectivity index (χ3n) is 3.17. The monoisotopic (exact) mass is 308 g/mol. The lowest BCUT2D eigenvalue weighted by molar-refractivity contribution is -0.116. The van der Waals surface area contributed by atoms with Crippen molar-refractivity contribution in [1.82, 2.24) is 5.32 Å². The number of benzene rings is 1. The maximum atomic E-state index is 11.7. The van der Waals surface area contributed by atoms with Crippen LogP contribution in [0.4, 0.5) is 5.69 Å². The Labute approximate surface area is 133 Å². The molecule has 1 aromatic carbocycles. The summed E-state index contributed by atoms with van der Waals surface area (Å²) < 4.78 is 5.56. The molecule has 5 heteroatoms. The molecule has 0 bridgehead atoms. The van der Waals surface area contributed by atoms with Gasteiger partial charge in [-0.05, 0) is 38.1 Å². The van der Waals surface area contributed by atoms with Crippen LogP contribution in [0.25, 0.3) is 0 Å². The van der Waals surface area contributed by atoms with Gasteiger partial charge in [-0.1, -0.05) is 13.8 Å². The molecule has 1 rings (SSSR count). The summed E-state index contributed by atoms with van der Waals surface area (Å²) in [5, 5.41) is 13.0. The molecule has 1 aromatic rings. The summed E-state index contributed by atoms with van der Waals surface area (Å²) in [7, 11) is 0. The Bertz CT molecular complexity index is 457. The van der Waals surface area contributed by atoms with Crippen molar-refractivity contribution in [3.8, 4) is 5.75 Å². The first-order chi connectivity index (χ1) is 10.3. The van der Waals surface area contributed by atoms with Crippen molar-refractivity contribution in [2.75, 3.05) is 18.1 Å². The van der Waals surface area contributed by atoms with Crippen molar-refractivity contribution >= 4 is 11.6 Å². The van der Waals surface area contributed by atoms with Crippen LogP contribution in [0.3, 0.4) is 0 Å². The fraction of sp³-hybridized carbons (Fsp3) is 0.588. The van der Waals surface area contributed by atoms with Gasteiger partial charge in [-0.3, -0.25) is 4.79 Å². The molecular weight excluding hydrogens is 280 g/mol. The lowest BCUT2D eigenvalue weighted by Gasteiger charge is -2.25. The Morgan fingerprint density at radius 3 is 2.27 bits per heavy atom. The number of hydrogen-bond donors (Lipinski definition) is 2. The molecule has 0 aliphatic heterocycles. The van der Waals surface area contributed by atoms with Gasteiger partial charge in [0.15, 0.2) is 0 Å². The molecule has 1 atom stereocenters. The van der Waals surface area contributed by atoms with Crippen LogP contribution in [-0.4, -0.2) is 42.4 Å². The highest BCUT2D eigenvalue weighted by molar-refractivity contribution is 5.92. The average Bonchev–Trinajstić information content (AvgIpc) is 2.43. The van der Waals surface area contributed by atoms with Crippen LogP contribution in [0, 0.1) is 0 Å². The minimum absolute atomic E-state index is 0.0128. The normalized spacial score (nSPS) is 12.5. The molecule has 1 amide bonds. The zero-order valence-electron chi connectivity index (χ0n) is 14.2. The van der Waals surface area contributed by atoms with Crippen molar-refractivity contribution < 1.29 is 14.6 Å². The van der Waals surface area contributed by atoms with E-state index in [4.69, 9.17) is 4.74 Å². The number of carbonyl (C=O) groups is 1. The van der Waals surface area contributed by atoms with Crippen molar-refractivity contribution in [3.63, 3.8) is 0 Å². The number of amides is 1. The number of aliphatic hydroxyl groups is 1. The molecule has 124 valence electrons. The van der Waals surface area contributed by atoms with Gasteiger partial charge < -0.3 is 20.1 Å². The van der Waals surface area contributed by atoms with Gasteiger partial charge >= 0.3 is 0 Å². The molecule has 1 unspecified atom stereocenters. The third-order valence-corrected chi connectivity index (χ3v) is 3.17. The number of nitrogens with one attached hydrogen (secondary N) is 1. The van der Waals surface area contributed by atoms with Crippen LogP contribution in [-0.2, 0) is 4.79 Å². The molecule has 0 aromatic heterocycles. The Morgan fingerprint density at radius 1 is 1.23 bits per heavy atom. The van der Waals surface area contributed by atoms with E-state index in [1.807, 2.05) is 52.0 Å². The number of rotatable bonds is 8. The fourth-order valence-electron chi connectivity index (χ4n) is 2.17. The summed E-state index contributed by atoms with van der Waals surface area (Å²) in [5.41, 5.74) is 0.844. The van der Waals surface area contributed by atoms with Crippen LogP contribution >= 0.6 is 0 Å². The second-order valence-electron chi connectivity index (χ2n) is 6.00. The zero-order chi connectivity index (χ0) is 16.7. The van der Waals surface area contributed by atoms with Crippen LogP contribution in [0.15, 0.2) is 24.3 Å². The van der Waals surface area contributed by atoms with Crippen molar-refractivity contribution in [3.05, 3.63) is 24.3 Å². The largest absolute Gasteiger partial charge is 0.491 e. The second-order valence-corrected chi connectivity index (χ2v) is 6.00. The van der Waals surface area contributed by atoms with E-state index in [-0.39, 0.29) is 18.6 Å². The van der Waals surface area contributed by atoms with Gasteiger partial charge in [-0.15, -0.1) is 0 Å². The van der Waals surface area contributed by atoms with Gasteiger partial charge in [-0.2, -0.15) is 0 Å². The molecule has 0 aliphatic carbocycles. The van der Waals surface area contributed by atoms with E-state index in [1.165, 1.54) is 0 Å². The fourth-order valence-corrected chi connectivity index (χ4v) is 2.17. The standard InChI is InChI=1S/C17H28N2O3/c1-12(2)18-10-16(21)11-22-17-8-6-15(7-9-17)19(13(3)4)14(5)20/h6-9,12-13,16,18,21H,10-11H2,1-5H3. The first kappa shape index (κ1) is 18.5. The molecule has 2 N–H and O–H groups in total. The Balaban J connectivity index is 2.56. The highest BCUT2D eigenvalue weighted by Gasteiger charge is 2.15. The Hall–Kier alpha value is -1.59. The number of nitrogens with zero attached hydrogens (tertiary/aromatic N) is 1. The van der Waals surface area contributed by atoms with Crippen LogP contribution in [0.1, 0.15) is 34.6 Å². The Morgan fingerprint density at radius 2 is 1.82 bits per heavy atom. The molecule has 0 fully saturated rings. The van der Waals surface area contributed by atoms with Gasteiger partial charge in [0.2, 0.25) is 5.91 Å². The highest BCUT2D eigenvalue weighted by atomic mass is 16.5. The number of ether oxygens (including phenoxy) is 1. The average molecular weight is 308 g/mol. The van der Waals surface area contributed by atoms with Gasteiger partial charge in [0.05, 0.1) is 0 Å². The molecule has 0 spiro atoms. The zero-order valence-corrected chi connectivity index (χ0v) is 14.2. The van der Waals surface area contributed by atoms with Crippen LogP contribution in [0.2, 0.25) is 0 Å². The van der Waals surface area contributed by atoms with Gasteiger partial charge in [0.1, 0.15) is 18.5 Å². The summed E-state index contributed by atoms with van der Waals surface area (Å²) in [6, 6.07) is 7.79. The summed E-state index contributed by atoms with van der Waals surface area (Å²) in [6.07, 6.45) is -0.550. The topological polar surface area (TPSA) is 61.8 Å². The smallest absolute Gasteiger partial charge is 0.224 e. The predicted octanol–water partition coefficient (Wildman–Crippen LogP) is 2.19. The minimum atomic E-state index is -0.550. The lowest BCUT2D eigenvalue weighted by Crippen LogP contribution is -2.35. The Kier molecular flexibility index (Phi) is 7.35. The quantitative estimate of drug-likeness (QED) is 0.773. The molecule has 0 heterocycles. The maximum Gasteiger partial charge on any atom is 0.224 e. The van der Waals surface area contributed by atoms with E-state index >= 15 is 0 Å². The van der Waals surface area contributed by atoms with E-state index in [9.17, 15) is 9.90 Å². The van der Waals surface area contributed by atoms with Gasteiger partial charge in [0.25, 0.3) is 0 Å². The second kappa shape index (κ2) is 8.76. The van der Waals surface area contributed by atoms with Gasteiger partial charge in [-0.25, -0.2) is 0 Å². The van der Waals surface area contributed by atoms with Crippen molar-refractivity contribution in [1.29, 1.82) is 0 Å². The predicted molar refractivity (Wildman–Crippen MR) is 89.4 cm³/mol. The number of hydrogen-bond acceptors (Lipinski definition) is 4. The van der Waals surface area contributed by atoms with Crippen molar-refractivity contribution in [2.45, 2.75) is 52.8 Å². The third kappa shape index (κ3) is 6.03. The molecule has 0 saturated carbocycles. The van der Waals surface area contributed by atoms with E-state index in [2.05, 4.69) is 5.32 Å². The summed E-state index contributed by atoms with van der Waals surface area (Å²) in [6.45, 7) is 10.3. The van der Waals surface area contributed by atoms with Gasteiger partial charge in [0, 0.05) is 31.2 Å². The van der Waals surface area contributed by atoms with E-state index in [0.29, 0.717) is 18.3 Å². The number of anilines is 1. The van der Waals surface area contributed by atoms with Crippen molar-refractivity contribution in [2.24, 2.45) is 0 Å². The first-order valence-corrected chi connectivity index (χ1v) is 7.75. The lowest BCUT2D eigenvalue weighted by atomic mass is 10.2. The van der Waals surface area contributed by atoms with E-state index < -0.39 is 6.10 Å². The number of carbonyl (C=O) groups excluding carboxylic acids is 1. The molecule has 0 saturated heterocycles. The summed E-state index contributed by atoms with van der Waals surface area (Å²) in [5.74, 6) is 0.693. The number of aliphatic hydroxyl groups excluding tert-OH is 1.